The molecule has 2 atom stereocenters. The molecule has 1 fully saturated rings. The molecule has 0 bridgehead atoms. The smallest absolute Gasteiger partial charge is 0.336 e. The van der Waals surface area contributed by atoms with Crippen molar-refractivity contribution in [3.63, 3.8) is 0 Å². The highest BCUT2D eigenvalue weighted by Crippen LogP contribution is 2.24. The summed E-state index contributed by atoms with van der Waals surface area (Å²) in [6, 6.07) is 6.56. The molecular weight excluding hydrogens is 274 g/mol. The van der Waals surface area contributed by atoms with Gasteiger partial charge in [-0.15, -0.1) is 0 Å². The molecule has 3 heteroatoms. The minimum atomic E-state index is -0.235. The first kappa shape index (κ1) is 15.3. The molecule has 118 valence electrons. The predicted molar refractivity (Wildman–Crippen MR) is 89.0 cm³/mol. The molecule has 0 aliphatic heterocycles. The van der Waals surface area contributed by atoms with Gasteiger partial charge in [0.05, 0.1) is 6.04 Å². The summed E-state index contributed by atoms with van der Waals surface area (Å²) in [6.45, 7) is 7.29. The Kier molecular flexibility index (Phi) is 4.34. The number of quaternary nitrogens is 1. The fourth-order valence-corrected chi connectivity index (χ4v) is 3.67. The Morgan fingerprint density at radius 3 is 2.77 bits per heavy atom. The molecule has 3 rings (SSSR count). The first-order chi connectivity index (χ1) is 10.6. The summed E-state index contributed by atoms with van der Waals surface area (Å²) in [5, 5.41) is 3.51. The van der Waals surface area contributed by atoms with Crippen LogP contribution in [0, 0.1) is 19.8 Å². The zero-order valence-corrected chi connectivity index (χ0v) is 13.8. The number of benzene rings is 1. The van der Waals surface area contributed by atoms with E-state index >= 15 is 0 Å². The third-order valence-electron chi connectivity index (χ3n) is 5.34. The average molecular weight is 300 g/mol. The summed E-state index contributed by atoms with van der Waals surface area (Å²) in [5.41, 5.74) is 3.86. The van der Waals surface area contributed by atoms with Gasteiger partial charge in [0.2, 0.25) is 0 Å². The molecule has 3 nitrogen and oxygen atoms in total. The fraction of sp³-hybridized carbons (Fsp3) is 0.526. The van der Waals surface area contributed by atoms with Gasteiger partial charge in [0.25, 0.3) is 0 Å². The number of rotatable bonds is 3. The van der Waals surface area contributed by atoms with Crippen molar-refractivity contribution in [2.24, 2.45) is 5.92 Å². The van der Waals surface area contributed by atoms with E-state index in [0.717, 1.165) is 40.1 Å². The maximum atomic E-state index is 11.9. The average Bonchev–Trinajstić information content (AvgIpc) is 2.50. The molecule has 0 amide bonds. The lowest BCUT2D eigenvalue weighted by molar-refractivity contribution is -0.712. The summed E-state index contributed by atoms with van der Waals surface area (Å²) < 4.78 is 5.46. The second kappa shape index (κ2) is 6.25. The minimum Gasteiger partial charge on any atom is -0.422 e. The highest BCUT2D eigenvalue weighted by atomic mass is 16.4. The Balaban J connectivity index is 1.90. The second-order valence-electron chi connectivity index (χ2n) is 6.84. The Morgan fingerprint density at radius 1 is 1.23 bits per heavy atom. The van der Waals surface area contributed by atoms with Gasteiger partial charge in [0, 0.05) is 22.9 Å². The summed E-state index contributed by atoms with van der Waals surface area (Å²) >= 11 is 0. The van der Waals surface area contributed by atoms with Crippen molar-refractivity contribution in [3.8, 4) is 0 Å². The van der Waals surface area contributed by atoms with Crippen molar-refractivity contribution in [1.29, 1.82) is 0 Å². The fourth-order valence-electron chi connectivity index (χ4n) is 3.67. The lowest BCUT2D eigenvalue weighted by Crippen LogP contribution is -2.90. The predicted octanol–water partition coefficient (Wildman–Crippen LogP) is 3.05. The van der Waals surface area contributed by atoms with Crippen LogP contribution >= 0.6 is 0 Å². The number of fused-ring (bicyclic) bond motifs is 1. The van der Waals surface area contributed by atoms with Crippen molar-refractivity contribution in [3.05, 3.63) is 45.3 Å². The standard InChI is InChI=1S/C19H25NO2/c1-12-8-9-16-15(10-18(21)22-19(16)14(12)3)11-20-17-7-5-4-6-13(17)2/h8-10,13,17,20H,4-7,11H2,1-3H3/p+1/t13-,17+/m0/s1. The van der Waals surface area contributed by atoms with Crippen LogP contribution in [0.25, 0.3) is 11.0 Å². The molecule has 0 unspecified atom stereocenters. The number of hydrogen-bond acceptors (Lipinski definition) is 2. The van der Waals surface area contributed by atoms with Crippen LogP contribution < -0.4 is 10.9 Å². The topological polar surface area (TPSA) is 46.8 Å². The molecule has 1 aliphatic carbocycles. The first-order valence-corrected chi connectivity index (χ1v) is 8.42. The van der Waals surface area contributed by atoms with Crippen LogP contribution in [-0.4, -0.2) is 6.04 Å². The van der Waals surface area contributed by atoms with E-state index in [1.165, 1.54) is 25.7 Å². The van der Waals surface area contributed by atoms with Gasteiger partial charge in [0.15, 0.2) is 0 Å². The van der Waals surface area contributed by atoms with Crippen LogP contribution in [0.3, 0.4) is 0 Å². The first-order valence-electron chi connectivity index (χ1n) is 8.42. The molecule has 1 aliphatic rings. The van der Waals surface area contributed by atoms with Crippen molar-refractivity contribution in [2.75, 3.05) is 0 Å². The van der Waals surface area contributed by atoms with Gasteiger partial charge >= 0.3 is 5.63 Å². The van der Waals surface area contributed by atoms with E-state index in [9.17, 15) is 4.79 Å². The van der Waals surface area contributed by atoms with Crippen molar-refractivity contribution < 1.29 is 9.73 Å². The minimum absolute atomic E-state index is 0.235. The Morgan fingerprint density at radius 2 is 2.00 bits per heavy atom. The maximum absolute atomic E-state index is 11.9. The third-order valence-corrected chi connectivity index (χ3v) is 5.34. The zero-order valence-electron chi connectivity index (χ0n) is 13.8. The van der Waals surface area contributed by atoms with Gasteiger partial charge in [-0.05, 0) is 44.2 Å². The lowest BCUT2D eigenvalue weighted by Gasteiger charge is -2.26. The summed E-state index contributed by atoms with van der Waals surface area (Å²) in [5.74, 6) is 0.768. The van der Waals surface area contributed by atoms with Crippen LogP contribution in [0.15, 0.2) is 27.4 Å². The van der Waals surface area contributed by atoms with Crippen LogP contribution in [-0.2, 0) is 6.54 Å². The largest absolute Gasteiger partial charge is 0.422 e. The lowest BCUT2D eigenvalue weighted by atomic mass is 9.86. The quantitative estimate of drug-likeness (QED) is 0.886. The maximum Gasteiger partial charge on any atom is 0.336 e. The van der Waals surface area contributed by atoms with E-state index in [0.29, 0.717) is 6.04 Å². The van der Waals surface area contributed by atoms with Crippen molar-refractivity contribution in [2.45, 2.75) is 59.0 Å². The van der Waals surface area contributed by atoms with E-state index in [-0.39, 0.29) is 5.63 Å². The number of hydrogen-bond donors (Lipinski definition) is 1. The summed E-state index contributed by atoms with van der Waals surface area (Å²) in [4.78, 5) is 11.9. The van der Waals surface area contributed by atoms with Crippen LogP contribution in [0.2, 0.25) is 0 Å². The second-order valence-corrected chi connectivity index (χ2v) is 6.84. The molecule has 2 aromatic rings. The van der Waals surface area contributed by atoms with E-state index in [1.54, 1.807) is 6.07 Å². The van der Waals surface area contributed by atoms with Gasteiger partial charge in [-0.1, -0.05) is 25.5 Å². The number of aryl methyl sites for hydroxylation is 2. The molecule has 1 heterocycles. The van der Waals surface area contributed by atoms with Crippen LogP contribution in [0.1, 0.15) is 49.3 Å². The highest BCUT2D eigenvalue weighted by molar-refractivity contribution is 5.83. The Bertz CT molecular complexity index is 732. The third kappa shape index (κ3) is 2.95. The van der Waals surface area contributed by atoms with Gasteiger partial charge in [-0.3, -0.25) is 0 Å². The van der Waals surface area contributed by atoms with Crippen LogP contribution in [0.5, 0.6) is 0 Å². The number of nitrogens with two attached hydrogens (primary N) is 1. The van der Waals surface area contributed by atoms with Crippen molar-refractivity contribution >= 4 is 11.0 Å². The van der Waals surface area contributed by atoms with E-state index in [4.69, 9.17) is 4.42 Å². The normalized spacial score (nSPS) is 22.1. The summed E-state index contributed by atoms with van der Waals surface area (Å²) in [7, 11) is 0. The molecule has 1 aromatic carbocycles. The van der Waals surface area contributed by atoms with E-state index in [1.807, 2.05) is 6.92 Å². The Labute approximate surface area is 131 Å². The Hall–Kier alpha value is -1.61. The molecule has 22 heavy (non-hydrogen) atoms. The molecule has 0 saturated heterocycles. The van der Waals surface area contributed by atoms with Crippen molar-refractivity contribution in [1.82, 2.24) is 0 Å². The highest BCUT2D eigenvalue weighted by Gasteiger charge is 2.24. The van der Waals surface area contributed by atoms with Gasteiger partial charge in [-0.25, -0.2) is 4.79 Å². The van der Waals surface area contributed by atoms with Gasteiger partial charge in [-0.2, -0.15) is 0 Å². The summed E-state index contributed by atoms with van der Waals surface area (Å²) in [6.07, 6.45) is 5.32. The van der Waals surface area contributed by atoms with Crippen LogP contribution in [0.4, 0.5) is 0 Å². The SMILES string of the molecule is Cc1ccc2c(C[NH2+][C@@H]3CCCC[C@@H]3C)cc(=O)oc2c1C. The monoisotopic (exact) mass is 300 g/mol. The molecular formula is C19H26NO2+. The van der Waals surface area contributed by atoms with Gasteiger partial charge in [0.1, 0.15) is 12.1 Å². The molecule has 2 N–H and O–H groups in total. The molecule has 0 spiro atoms. The molecule has 1 aromatic heterocycles. The van der Waals surface area contributed by atoms with Gasteiger partial charge < -0.3 is 9.73 Å². The molecule has 0 radical (unpaired) electrons. The molecule has 1 saturated carbocycles. The zero-order chi connectivity index (χ0) is 15.7. The van der Waals surface area contributed by atoms with E-state index in [2.05, 4.69) is 31.3 Å². The van der Waals surface area contributed by atoms with E-state index < -0.39 is 0 Å².